The average Bonchev–Trinajstić information content (AvgIpc) is 3.02. The largest absolute Gasteiger partial charge is 0.460 e. The number of halogens is 7. The maximum Gasteiger partial charge on any atom is 0.460 e. The zero-order chi connectivity index (χ0) is 21.5. The summed E-state index contributed by atoms with van der Waals surface area (Å²) in [6, 6.07) is 3.45. The minimum Gasteiger partial charge on any atom is -0.423 e. The number of alkyl halides is 7. The van der Waals surface area contributed by atoms with E-state index in [1.54, 1.807) is 0 Å². The smallest absolute Gasteiger partial charge is 0.423 e. The van der Waals surface area contributed by atoms with E-state index in [4.69, 9.17) is 0 Å². The van der Waals surface area contributed by atoms with Crippen molar-refractivity contribution < 1.29 is 52.7 Å². The summed E-state index contributed by atoms with van der Waals surface area (Å²) in [5.41, 5.74) is -0.679. The van der Waals surface area contributed by atoms with Crippen LogP contribution in [-0.4, -0.2) is 25.4 Å². The van der Waals surface area contributed by atoms with Crippen LogP contribution in [0.3, 0.4) is 0 Å². The molecule has 28 heavy (non-hydrogen) atoms. The van der Waals surface area contributed by atoms with Crippen molar-refractivity contribution in [2.45, 2.75) is 22.9 Å². The van der Waals surface area contributed by atoms with E-state index in [0.29, 0.717) is 6.07 Å². The third-order valence-electron chi connectivity index (χ3n) is 3.15. The minimum absolute atomic E-state index is 0.0298. The molecule has 0 aliphatic rings. The topological polar surface area (TPSA) is 99.7 Å². The minimum atomic E-state index is -6.63. The monoisotopic (exact) mass is 437 g/mol. The molecule has 0 spiro atoms. The molecule has 0 saturated heterocycles. The molecule has 2 rings (SSSR count). The molecule has 0 saturated carbocycles. The van der Waals surface area contributed by atoms with Gasteiger partial charge in [-0.2, -0.15) is 39.2 Å². The predicted molar refractivity (Wildman–Crippen MR) is 74.5 cm³/mol. The molecule has 1 heterocycles. The Labute approximate surface area is 150 Å². The Hall–Kier alpha value is -2.84. The number of hydrogen-bond acceptors (Lipinski definition) is 6. The zero-order valence-electron chi connectivity index (χ0n) is 12.9. The number of hydrogen-bond donors (Lipinski definition) is 0. The Balaban J connectivity index is 2.34. The van der Waals surface area contributed by atoms with Crippen LogP contribution in [0.5, 0.6) is 5.95 Å². The number of nitro groups is 1. The fraction of sp³-hybridized carbons (Fsp3) is 0.231. The first-order valence-electron chi connectivity index (χ1n) is 6.71. The standard InChI is InChI=1S/C13H6F7NO6S/c14-11(15,12(16,17)13(18,19)20)9-4-5-10(26-9)27-28(24,25)8-3-1-2-7(6-8)21(22)23/h1-6H. The van der Waals surface area contributed by atoms with Crippen LogP contribution in [0.15, 0.2) is 45.7 Å². The summed E-state index contributed by atoms with van der Waals surface area (Å²) >= 11 is 0. The van der Waals surface area contributed by atoms with Crippen LogP contribution in [0.4, 0.5) is 36.4 Å². The summed E-state index contributed by atoms with van der Waals surface area (Å²) in [5, 5.41) is 10.6. The van der Waals surface area contributed by atoms with Crippen molar-refractivity contribution in [1.82, 2.24) is 0 Å². The van der Waals surface area contributed by atoms with Gasteiger partial charge in [-0.1, -0.05) is 6.07 Å². The number of nitrogens with zero attached hydrogens (tertiary/aromatic N) is 1. The summed E-state index contributed by atoms with van der Waals surface area (Å²) in [4.78, 5) is 8.85. The maximum atomic E-state index is 13.5. The first kappa shape index (κ1) is 21.5. The molecular weight excluding hydrogens is 431 g/mol. The highest BCUT2D eigenvalue weighted by molar-refractivity contribution is 7.87. The molecule has 0 atom stereocenters. The van der Waals surface area contributed by atoms with Crippen LogP contribution in [-0.2, 0) is 16.0 Å². The van der Waals surface area contributed by atoms with Crippen LogP contribution in [0, 0.1) is 10.1 Å². The van der Waals surface area contributed by atoms with Crippen LogP contribution in [0.2, 0.25) is 0 Å². The van der Waals surface area contributed by atoms with E-state index >= 15 is 0 Å². The quantitative estimate of drug-likeness (QED) is 0.290. The van der Waals surface area contributed by atoms with Crippen LogP contribution < -0.4 is 4.18 Å². The Kier molecular flexibility index (Phi) is 5.09. The Morgan fingerprint density at radius 1 is 1.00 bits per heavy atom. The van der Waals surface area contributed by atoms with Gasteiger partial charge in [0.25, 0.3) is 5.69 Å². The highest BCUT2D eigenvalue weighted by Gasteiger charge is 2.75. The molecule has 0 aliphatic heterocycles. The summed E-state index contributed by atoms with van der Waals surface area (Å²) in [5.74, 6) is -16.0. The second kappa shape index (κ2) is 6.65. The molecule has 1 aromatic heterocycles. The third-order valence-corrected chi connectivity index (χ3v) is 4.37. The van der Waals surface area contributed by atoms with Gasteiger partial charge in [0.05, 0.1) is 4.92 Å². The molecule has 1 aromatic carbocycles. The molecule has 15 heteroatoms. The molecule has 0 unspecified atom stereocenters. The van der Waals surface area contributed by atoms with E-state index < -0.39 is 55.4 Å². The van der Waals surface area contributed by atoms with Crippen molar-refractivity contribution in [3.63, 3.8) is 0 Å². The summed E-state index contributed by atoms with van der Waals surface area (Å²) in [6.45, 7) is 0. The normalized spacial score (nSPS) is 13.4. The van der Waals surface area contributed by atoms with Crippen molar-refractivity contribution in [1.29, 1.82) is 0 Å². The first-order valence-corrected chi connectivity index (χ1v) is 8.12. The van der Waals surface area contributed by atoms with Crippen molar-refractivity contribution >= 4 is 15.8 Å². The summed E-state index contributed by atoms with van der Waals surface area (Å²) < 4.78 is 122. The molecule has 0 radical (unpaired) electrons. The van der Waals surface area contributed by atoms with Gasteiger partial charge >= 0.3 is 34.1 Å². The lowest BCUT2D eigenvalue weighted by Gasteiger charge is -2.26. The van der Waals surface area contributed by atoms with Crippen molar-refractivity contribution in [2.24, 2.45) is 0 Å². The molecule has 0 fully saturated rings. The van der Waals surface area contributed by atoms with Crippen molar-refractivity contribution in [2.75, 3.05) is 0 Å². The van der Waals surface area contributed by atoms with E-state index in [0.717, 1.165) is 18.2 Å². The van der Waals surface area contributed by atoms with E-state index in [-0.39, 0.29) is 12.1 Å². The molecule has 7 nitrogen and oxygen atoms in total. The molecule has 2 aromatic rings. The van der Waals surface area contributed by atoms with Gasteiger partial charge in [0.1, 0.15) is 4.90 Å². The second-order valence-corrected chi connectivity index (χ2v) is 6.60. The van der Waals surface area contributed by atoms with E-state index in [1.165, 1.54) is 0 Å². The number of furan rings is 1. The Bertz CT molecular complexity index is 999. The molecule has 0 N–H and O–H groups in total. The van der Waals surface area contributed by atoms with Crippen molar-refractivity contribution in [3.8, 4) is 5.95 Å². The lowest BCUT2D eigenvalue weighted by molar-refractivity contribution is -0.385. The predicted octanol–water partition coefficient (Wildman–Crippen LogP) is 4.24. The van der Waals surface area contributed by atoms with Gasteiger partial charge < -0.3 is 8.60 Å². The van der Waals surface area contributed by atoms with Gasteiger partial charge in [0.15, 0.2) is 5.76 Å². The van der Waals surface area contributed by atoms with Crippen molar-refractivity contribution in [3.05, 3.63) is 52.3 Å². The van der Waals surface area contributed by atoms with Gasteiger partial charge in [-0.3, -0.25) is 10.1 Å². The van der Waals surface area contributed by atoms with Gasteiger partial charge in [-0.05, 0) is 12.1 Å². The molecule has 0 amide bonds. The van der Waals surface area contributed by atoms with E-state index in [1.807, 2.05) is 0 Å². The second-order valence-electron chi connectivity index (χ2n) is 5.06. The maximum absolute atomic E-state index is 13.5. The summed E-state index contributed by atoms with van der Waals surface area (Å²) in [7, 11) is -4.92. The van der Waals surface area contributed by atoms with Gasteiger partial charge in [0.2, 0.25) is 0 Å². The van der Waals surface area contributed by atoms with Gasteiger partial charge in [0, 0.05) is 18.2 Å². The molecule has 0 bridgehead atoms. The SMILES string of the molecule is O=[N+]([O-])c1cccc(S(=O)(=O)Oc2ccc(C(F)(F)C(F)(F)C(F)(F)F)o2)c1. The van der Waals surface area contributed by atoms with E-state index in [2.05, 4.69) is 8.60 Å². The van der Waals surface area contributed by atoms with Gasteiger partial charge in [-0.25, -0.2) is 0 Å². The number of nitro benzene ring substituents is 1. The third kappa shape index (κ3) is 3.74. The van der Waals surface area contributed by atoms with Crippen LogP contribution in [0.25, 0.3) is 0 Å². The molecule has 0 aliphatic carbocycles. The van der Waals surface area contributed by atoms with Gasteiger partial charge in [-0.15, -0.1) is 0 Å². The zero-order valence-corrected chi connectivity index (χ0v) is 13.7. The van der Waals surface area contributed by atoms with Crippen LogP contribution >= 0.6 is 0 Å². The highest BCUT2D eigenvalue weighted by atomic mass is 32.2. The Morgan fingerprint density at radius 2 is 1.61 bits per heavy atom. The van der Waals surface area contributed by atoms with Crippen LogP contribution in [0.1, 0.15) is 5.76 Å². The molecule has 154 valence electrons. The summed E-state index contributed by atoms with van der Waals surface area (Å²) in [6.07, 6.45) is -6.63. The lowest BCUT2D eigenvalue weighted by Crippen LogP contribution is -2.49. The number of benzene rings is 1. The number of non-ortho nitro benzene ring substituents is 1. The number of rotatable bonds is 6. The Morgan fingerprint density at radius 3 is 2.14 bits per heavy atom. The van der Waals surface area contributed by atoms with E-state index in [9.17, 15) is 49.3 Å². The fourth-order valence-corrected chi connectivity index (χ4v) is 2.69. The average molecular weight is 437 g/mol. The fourth-order valence-electron chi connectivity index (χ4n) is 1.78. The lowest BCUT2D eigenvalue weighted by atomic mass is 10.1. The first-order chi connectivity index (χ1) is 12.6. The molecular formula is C13H6F7NO6S. The highest BCUT2D eigenvalue weighted by Crippen LogP contribution is 2.52.